The van der Waals surface area contributed by atoms with E-state index in [1.54, 1.807) is 28.2 Å². The molecule has 4 rings (SSSR count). The van der Waals surface area contributed by atoms with Gasteiger partial charge in [0.2, 0.25) is 23.6 Å². The zero-order valence-corrected chi connectivity index (χ0v) is 51.7. The minimum atomic E-state index is -1.43. The summed E-state index contributed by atoms with van der Waals surface area (Å²) < 4.78 is 11.0. The lowest BCUT2D eigenvalue weighted by Crippen LogP contribution is -2.37. The first-order chi connectivity index (χ1) is 39.6. The fourth-order valence-electron chi connectivity index (χ4n) is 8.84. The van der Waals surface area contributed by atoms with E-state index in [1.807, 2.05) is 27.7 Å². The highest BCUT2D eigenvalue weighted by molar-refractivity contribution is 8.77. The van der Waals surface area contributed by atoms with Crippen molar-refractivity contribution in [3.8, 4) is 11.5 Å². The monoisotopic (exact) mass is 1250 g/mol. The molecule has 84 heavy (non-hydrogen) atoms. The van der Waals surface area contributed by atoms with Crippen LogP contribution < -0.4 is 9.47 Å². The second kappa shape index (κ2) is 33.2. The Morgan fingerprint density at radius 1 is 0.536 bits per heavy atom. The molecule has 2 unspecified atom stereocenters. The Hall–Kier alpha value is -6.53. The zero-order chi connectivity index (χ0) is 62.5. The highest BCUT2D eigenvalue weighted by atomic mass is 33.1. The van der Waals surface area contributed by atoms with Gasteiger partial charge in [0.15, 0.2) is 0 Å². The van der Waals surface area contributed by atoms with Crippen molar-refractivity contribution in [3.63, 3.8) is 0 Å². The molecule has 2 aliphatic heterocycles. The number of amides is 8. The quantitative estimate of drug-likeness (QED) is 0.0131. The number of carbonyl (C=O) groups is 9. The minimum absolute atomic E-state index is 0.0254. The molecular weight excluding hydrogens is 1170 g/mol. The molecule has 0 aliphatic carbocycles. The van der Waals surface area contributed by atoms with E-state index >= 15 is 0 Å². The summed E-state index contributed by atoms with van der Waals surface area (Å²) in [6.07, 6.45) is 3.86. The Labute approximate surface area is 503 Å². The third-order valence-electron chi connectivity index (χ3n) is 14.1. The number of carbonyl (C=O) groups excluding carboxylic acids is 9. The SMILES string of the molecule is CN(CCN(C)C(=O)CCC(C)(C)SSCO)C(=O)CCC(CCN1C(=O)C=CC1=O)c1cc([N+](=O)[O-])ccc1OC(=O)Oc1ccc([N+](=O)[O-])cc1C(CCC(=O)N(C)CCN(C)C(=O)CCC(C)(C)SSCO)CCN1C(=O)C=CC1=O. The summed E-state index contributed by atoms with van der Waals surface area (Å²) in [6.45, 7) is 8.13. The largest absolute Gasteiger partial charge is 0.519 e. The smallest absolute Gasteiger partial charge is 0.394 e. The maximum absolute atomic E-state index is 14.1. The Morgan fingerprint density at radius 3 is 1.14 bits per heavy atom. The lowest BCUT2D eigenvalue weighted by atomic mass is 9.89. The Balaban J connectivity index is 1.59. The third-order valence-corrected chi connectivity index (χ3v) is 19.9. The number of rotatable bonds is 36. The molecule has 0 saturated carbocycles. The van der Waals surface area contributed by atoms with E-state index in [0.29, 0.717) is 12.8 Å². The van der Waals surface area contributed by atoms with E-state index in [0.717, 1.165) is 70.5 Å². The van der Waals surface area contributed by atoms with Gasteiger partial charge in [0.25, 0.3) is 35.0 Å². The summed E-state index contributed by atoms with van der Waals surface area (Å²) in [7, 11) is 11.8. The summed E-state index contributed by atoms with van der Waals surface area (Å²) in [5.41, 5.74) is -0.826. The highest BCUT2D eigenvalue weighted by Crippen LogP contribution is 2.41. The fourth-order valence-corrected chi connectivity index (χ4v) is 12.7. The molecule has 460 valence electrons. The van der Waals surface area contributed by atoms with Crippen LogP contribution in [-0.2, 0) is 38.4 Å². The minimum Gasteiger partial charge on any atom is -0.394 e. The normalized spacial score (nSPS) is 14.0. The zero-order valence-electron chi connectivity index (χ0n) is 48.4. The molecule has 2 heterocycles. The van der Waals surface area contributed by atoms with Crippen LogP contribution in [0.5, 0.6) is 11.5 Å². The van der Waals surface area contributed by atoms with Gasteiger partial charge in [-0.05, 0) is 90.2 Å². The number of hydrogen-bond donors (Lipinski definition) is 2. The van der Waals surface area contributed by atoms with Gasteiger partial charge in [-0.15, -0.1) is 0 Å². The molecule has 0 saturated heterocycles. The molecule has 0 radical (unpaired) electrons. The van der Waals surface area contributed by atoms with Crippen LogP contribution >= 0.6 is 43.2 Å². The molecule has 0 aromatic heterocycles. The summed E-state index contributed by atoms with van der Waals surface area (Å²) >= 11 is 0. The van der Waals surface area contributed by atoms with Crippen LogP contribution in [0, 0.1) is 20.2 Å². The first-order valence-corrected chi connectivity index (χ1v) is 31.5. The molecule has 2 atom stereocenters. The summed E-state index contributed by atoms with van der Waals surface area (Å²) in [6, 6.07) is 6.64. The van der Waals surface area contributed by atoms with Gasteiger partial charge < -0.3 is 39.3 Å². The summed E-state index contributed by atoms with van der Waals surface area (Å²) in [5.74, 6) is -5.98. The van der Waals surface area contributed by atoms with Crippen LogP contribution in [0.15, 0.2) is 60.7 Å². The number of aliphatic hydroxyl groups is 2. The van der Waals surface area contributed by atoms with Crippen LogP contribution in [0.3, 0.4) is 0 Å². The molecule has 2 aromatic rings. The molecule has 2 N–H and O–H groups in total. The molecule has 0 spiro atoms. The van der Waals surface area contributed by atoms with Crippen molar-refractivity contribution in [2.24, 2.45) is 0 Å². The van der Waals surface area contributed by atoms with Gasteiger partial charge >= 0.3 is 6.16 Å². The first-order valence-electron chi connectivity index (χ1n) is 26.9. The summed E-state index contributed by atoms with van der Waals surface area (Å²) in [5, 5.41) is 42.8. The Kier molecular flexibility index (Phi) is 27.7. The van der Waals surface area contributed by atoms with Crippen LogP contribution in [0.4, 0.5) is 16.2 Å². The Bertz CT molecular complexity index is 2600. The molecule has 25 nitrogen and oxygen atoms in total. The lowest BCUT2D eigenvalue weighted by Gasteiger charge is -2.26. The molecular formula is C55H74N8O17S4. The van der Waals surface area contributed by atoms with E-state index < -0.39 is 62.8 Å². The standard InChI is InChI=1S/C55H74N8O17S4/c1-54(2,83-81-35-64)25-21-47(68)58(7)31-29-56(5)45(66)15-9-37(23-27-60-49(70)17-18-50(60)71)41-33-39(62(75)76)11-13-43(41)79-53(74)80-44-14-12-40(63(77)78)34-42(44)38(24-28-61-51(72)19-20-52(61)73)10-16-46(67)57(6)30-32-59(8)48(69)22-26-55(3,4)84-82-36-65/h11-14,17-20,33-34,37-38,64-65H,9-10,15-16,21-32,35-36H2,1-8H3. The number of benzene rings is 2. The third kappa shape index (κ3) is 22.1. The number of likely N-dealkylation sites (N-methyl/N-ethyl adjacent to an activating group) is 4. The van der Waals surface area contributed by atoms with Gasteiger partial charge in [-0.2, -0.15) is 0 Å². The van der Waals surface area contributed by atoms with Crippen molar-refractivity contribution in [3.05, 3.63) is 92.1 Å². The van der Waals surface area contributed by atoms with Crippen LogP contribution in [0.1, 0.15) is 115 Å². The first kappa shape index (κ1) is 70.0. The van der Waals surface area contributed by atoms with Crippen molar-refractivity contribution in [2.75, 3.05) is 79.3 Å². The van der Waals surface area contributed by atoms with Gasteiger partial charge in [0, 0.05) is 162 Å². The maximum Gasteiger partial charge on any atom is 0.519 e. The number of imide groups is 2. The molecule has 2 aromatic carbocycles. The van der Waals surface area contributed by atoms with Gasteiger partial charge in [0.05, 0.1) is 21.7 Å². The van der Waals surface area contributed by atoms with Gasteiger partial charge in [-0.3, -0.25) is 68.4 Å². The second-order valence-corrected chi connectivity index (χ2v) is 27.2. The van der Waals surface area contributed by atoms with E-state index in [2.05, 4.69) is 0 Å². The predicted molar refractivity (Wildman–Crippen MR) is 319 cm³/mol. The van der Waals surface area contributed by atoms with E-state index in [-0.39, 0.29) is 158 Å². The van der Waals surface area contributed by atoms with Crippen LogP contribution in [0.25, 0.3) is 0 Å². The van der Waals surface area contributed by atoms with Crippen molar-refractivity contribution in [1.82, 2.24) is 29.4 Å². The topological polar surface area (TPSA) is 318 Å². The maximum atomic E-state index is 14.1. The van der Waals surface area contributed by atoms with E-state index in [9.17, 15) is 73.6 Å². The van der Waals surface area contributed by atoms with Gasteiger partial charge in [0.1, 0.15) is 11.5 Å². The average Bonchev–Trinajstić information content (AvgIpc) is 3.97. The lowest BCUT2D eigenvalue weighted by molar-refractivity contribution is -0.385. The average molecular weight is 1250 g/mol. The second-order valence-electron chi connectivity index (χ2n) is 21.2. The number of aliphatic hydroxyl groups excluding tert-OH is 2. The number of hydrogen-bond acceptors (Lipinski definition) is 21. The predicted octanol–water partition coefficient (Wildman–Crippen LogP) is 7.05. The molecule has 29 heteroatoms. The van der Waals surface area contributed by atoms with Crippen LogP contribution in [0.2, 0.25) is 0 Å². The van der Waals surface area contributed by atoms with Gasteiger partial charge in [-0.1, -0.05) is 43.2 Å². The number of nitrogens with zero attached hydrogens (tertiary/aromatic N) is 8. The Morgan fingerprint density at radius 2 is 0.845 bits per heavy atom. The molecule has 8 amide bonds. The van der Waals surface area contributed by atoms with E-state index in [1.165, 1.54) is 62.8 Å². The fraction of sp³-hybridized carbons (Fsp3) is 0.545. The van der Waals surface area contributed by atoms with Crippen molar-refractivity contribution in [2.45, 2.75) is 113 Å². The molecule has 0 fully saturated rings. The number of ether oxygens (including phenoxy) is 2. The van der Waals surface area contributed by atoms with E-state index in [4.69, 9.17) is 9.47 Å². The van der Waals surface area contributed by atoms with Crippen molar-refractivity contribution >= 4 is 108 Å². The summed E-state index contributed by atoms with van der Waals surface area (Å²) in [4.78, 5) is 149. The van der Waals surface area contributed by atoms with Crippen LogP contribution in [-0.4, -0.2) is 192 Å². The van der Waals surface area contributed by atoms with Crippen molar-refractivity contribution in [1.29, 1.82) is 0 Å². The molecule has 2 aliphatic rings. The number of non-ortho nitro benzene ring substituents is 2. The number of nitro benzene ring substituents is 2. The van der Waals surface area contributed by atoms with Gasteiger partial charge in [-0.25, -0.2) is 4.79 Å². The highest BCUT2D eigenvalue weighted by Gasteiger charge is 2.32. The number of nitro groups is 2. The van der Waals surface area contributed by atoms with Crippen molar-refractivity contribution < 1.29 is 72.7 Å². The molecule has 0 bridgehead atoms.